The number of benzene rings is 2. The fourth-order valence-electron chi connectivity index (χ4n) is 2.14. The molecule has 0 unspecified atom stereocenters. The van der Waals surface area contributed by atoms with E-state index in [-0.39, 0.29) is 17.4 Å². The minimum absolute atomic E-state index is 0.0105. The summed E-state index contributed by atoms with van der Waals surface area (Å²) >= 11 is 1.04. The molecule has 0 radical (unpaired) electrons. The van der Waals surface area contributed by atoms with Gasteiger partial charge in [0.2, 0.25) is 5.91 Å². The minimum atomic E-state index is -0.532. The quantitative estimate of drug-likeness (QED) is 0.413. The fraction of sp³-hybridized carbons (Fsp3) is 0.250. The molecular weight excluding hydrogens is 369 g/mol. The molecular formula is C20H20FNO4S. The molecule has 0 aromatic heterocycles. The molecule has 0 bridgehead atoms. The summed E-state index contributed by atoms with van der Waals surface area (Å²) in [5.41, 5.74) is 1.22. The first-order valence-corrected chi connectivity index (χ1v) is 9.39. The molecule has 0 aliphatic rings. The van der Waals surface area contributed by atoms with Gasteiger partial charge in [0.15, 0.2) is 5.78 Å². The molecule has 0 atom stereocenters. The van der Waals surface area contributed by atoms with Crippen LogP contribution in [0.1, 0.15) is 41.0 Å². The maximum atomic E-state index is 13.9. The lowest BCUT2D eigenvalue weighted by Crippen LogP contribution is -2.14. The Morgan fingerprint density at radius 1 is 1.07 bits per heavy atom. The van der Waals surface area contributed by atoms with Crippen molar-refractivity contribution in [3.05, 3.63) is 59.4 Å². The van der Waals surface area contributed by atoms with Crippen LogP contribution in [-0.4, -0.2) is 30.0 Å². The lowest BCUT2D eigenvalue weighted by molar-refractivity contribution is -0.113. The number of hydrogen-bond donors (Lipinski definition) is 1. The molecule has 2 aromatic rings. The molecule has 0 aliphatic heterocycles. The number of halogens is 1. The number of hydrogen-bond acceptors (Lipinski definition) is 5. The smallest absolute Gasteiger partial charge is 0.338 e. The van der Waals surface area contributed by atoms with Gasteiger partial charge in [-0.15, -0.1) is 11.8 Å². The molecule has 0 fully saturated rings. The zero-order valence-electron chi connectivity index (χ0n) is 15.1. The third kappa shape index (κ3) is 6.21. The Bertz CT molecular complexity index is 836. The van der Waals surface area contributed by atoms with E-state index < -0.39 is 11.8 Å². The van der Waals surface area contributed by atoms with E-state index in [2.05, 4.69) is 5.32 Å². The number of ether oxygens (including phenoxy) is 1. The molecule has 142 valence electrons. The maximum absolute atomic E-state index is 13.9. The van der Waals surface area contributed by atoms with Crippen molar-refractivity contribution in [3.8, 4) is 0 Å². The third-order valence-electron chi connectivity index (χ3n) is 3.54. The van der Waals surface area contributed by atoms with E-state index in [4.69, 9.17) is 4.74 Å². The number of amides is 1. The number of thioether (sulfide) groups is 1. The standard InChI is InChI=1S/C20H20FNO4S/c1-3-10-26-20(25)14-4-7-16(8-5-14)22-19(24)12-27-18-9-6-15(13(2)23)11-17(18)21/h4-9,11H,3,10,12H2,1-2H3,(H,22,24). The van der Waals surface area contributed by atoms with Gasteiger partial charge in [-0.25, -0.2) is 9.18 Å². The first-order chi connectivity index (χ1) is 12.9. The van der Waals surface area contributed by atoms with Crippen LogP contribution in [0.25, 0.3) is 0 Å². The number of esters is 1. The summed E-state index contributed by atoms with van der Waals surface area (Å²) in [5.74, 6) is -1.46. The Kier molecular flexibility index (Phi) is 7.55. The van der Waals surface area contributed by atoms with E-state index in [1.54, 1.807) is 24.3 Å². The van der Waals surface area contributed by atoms with Crippen LogP contribution >= 0.6 is 11.8 Å². The Hall–Kier alpha value is -2.67. The van der Waals surface area contributed by atoms with Crippen LogP contribution in [0.3, 0.4) is 0 Å². The van der Waals surface area contributed by atoms with E-state index in [1.807, 2.05) is 6.92 Å². The Balaban J connectivity index is 1.88. The van der Waals surface area contributed by atoms with Crippen LogP contribution < -0.4 is 5.32 Å². The number of anilines is 1. The molecule has 0 heterocycles. The number of nitrogens with one attached hydrogen (secondary N) is 1. The van der Waals surface area contributed by atoms with Crippen LogP contribution in [0.2, 0.25) is 0 Å². The second-order valence-corrected chi connectivity index (χ2v) is 6.77. The molecule has 1 amide bonds. The molecule has 7 heteroatoms. The van der Waals surface area contributed by atoms with E-state index in [9.17, 15) is 18.8 Å². The highest BCUT2D eigenvalue weighted by Crippen LogP contribution is 2.23. The molecule has 0 saturated carbocycles. The highest BCUT2D eigenvalue weighted by atomic mass is 32.2. The van der Waals surface area contributed by atoms with Gasteiger partial charge in [-0.1, -0.05) is 13.0 Å². The van der Waals surface area contributed by atoms with Crippen molar-refractivity contribution in [1.82, 2.24) is 0 Å². The first-order valence-electron chi connectivity index (χ1n) is 8.41. The summed E-state index contributed by atoms with van der Waals surface area (Å²) in [6, 6.07) is 10.5. The molecule has 0 saturated heterocycles. The Morgan fingerprint density at radius 2 is 1.74 bits per heavy atom. The summed E-state index contributed by atoms with van der Waals surface area (Å²) in [6.45, 7) is 3.63. The first kappa shape index (κ1) is 20.6. The summed E-state index contributed by atoms with van der Waals surface area (Å²) in [7, 11) is 0. The van der Waals surface area contributed by atoms with Crippen molar-refractivity contribution in [3.63, 3.8) is 0 Å². The van der Waals surface area contributed by atoms with Crippen molar-refractivity contribution in [2.24, 2.45) is 0 Å². The third-order valence-corrected chi connectivity index (χ3v) is 4.59. The van der Waals surface area contributed by atoms with Gasteiger partial charge in [0.1, 0.15) is 5.82 Å². The molecule has 0 spiro atoms. The number of ketones is 1. The van der Waals surface area contributed by atoms with Crippen LogP contribution in [-0.2, 0) is 9.53 Å². The van der Waals surface area contributed by atoms with Gasteiger partial charge in [-0.05, 0) is 49.7 Å². The molecule has 2 rings (SSSR count). The topological polar surface area (TPSA) is 72.5 Å². The second-order valence-electron chi connectivity index (χ2n) is 5.75. The second kappa shape index (κ2) is 9.87. The molecule has 0 aliphatic carbocycles. The summed E-state index contributed by atoms with van der Waals surface area (Å²) in [6.07, 6.45) is 0.746. The molecule has 5 nitrogen and oxygen atoms in total. The van der Waals surface area contributed by atoms with Crippen LogP contribution in [0.5, 0.6) is 0 Å². The van der Waals surface area contributed by atoms with Crippen LogP contribution in [0.4, 0.5) is 10.1 Å². The number of carbonyl (C=O) groups is 3. The number of Topliss-reactive ketones (excluding diaryl/α,β-unsaturated/α-hetero) is 1. The van der Waals surface area contributed by atoms with Gasteiger partial charge in [-0.2, -0.15) is 0 Å². The maximum Gasteiger partial charge on any atom is 0.338 e. The molecule has 27 heavy (non-hydrogen) atoms. The average Bonchev–Trinajstić information content (AvgIpc) is 2.65. The lowest BCUT2D eigenvalue weighted by Gasteiger charge is -2.08. The van der Waals surface area contributed by atoms with Gasteiger partial charge in [0.05, 0.1) is 17.9 Å². The van der Waals surface area contributed by atoms with Crippen molar-refractivity contribution < 1.29 is 23.5 Å². The number of rotatable bonds is 8. The zero-order valence-corrected chi connectivity index (χ0v) is 15.9. The van der Waals surface area contributed by atoms with Crippen molar-refractivity contribution >= 4 is 35.1 Å². The van der Waals surface area contributed by atoms with E-state index in [0.717, 1.165) is 18.2 Å². The highest BCUT2D eigenvalue weighted by molar-refractivity contribution is 8.00. The summed E-state index contributed by atoms with van der Waals surface area (Å²) in [5, 5.41) is 2.68. The predicted molar refractivity (Wildman–Crippen MR) is 103 cm³/mol. The van der Waals surface area contributed by atoms with Gasteiger partial charge in [0.25, 0.3) is 0 Å². The van der Waals surface area contributed by atoms with E-state index >= 15 is 0 Å². The zero-order chi connectivity index (χ0) is 19.8. The highest BCUT2D eigenvalue weighted by Gasteiger charge is 2.11. The fourth-order valence-corrected chi connectivity index (χ4v) is 2.86. The summed E-state index contributed by atoms with van der Waals surface area (Å²) < 4.78 is 19.0. The van der Waals surface area contributed by atoms with E-state index in [1.165, 1.54) is 25.1 Å². The SMILES string of the molecule is CCCOC(=O)c1ccc(NC(=O)CSc2ccc(C(C)=O)cc2F)cc1. The predicted octanol–water partition coefficient (Wildman–Crippen LogP) is 4.33. The number of carbonyl (C=O) groups excluding carboxylic acids is 3. The van der Waals surface area contributed by atoms with Gasteiger partial charge in [0, 0.05) is 16.1 Å². The van der Waals surface area contributed by atoms with E-state index in [0.29, 0.717) is 28.3 Å². The van der Waals surface area contributed by atoms with Crippen molar-refractivity contribution in [1.29, 1.82) is 0 Å². The largest absolute Gasteiger partial charge is 0.462 e. The summed E-state index contributed by atoms with van der Waals surface area (Å²) in [4.78, 5) is 35.3. The lowest BCUT2D eigenvalue weighted by atomic mass is 10.1. The average molecular weight is 389 g/mol. The van der Waals surface area contributed by atoms with Crippen LogP contribution in [0.15, 0.2) is 47.4 Å². The van der Waals surface area contributed by atoms with Gasteiger partial charge >= 0.3 is 5.97 Å². The Morgan fingerprint density at radius 3 is 2.33 bits per heavy atom. The normalized spacial score (nSPS) is 10.3. The van der Waals surface area contributed by atoms with Crippen molar-refractivity contribution in [2.45, 2.75) is 25.2 Å². The van der Waals surface area contributed by atoms with Crippen LogP contribution in [0, 0.1) is 5.82 Å². The Labute approximate surface area is 161 Å². The minimum Gasteiger partial charge on any atom is -0.462 e. The monoisotopic (exact) mass is 389 g/mol. The van der Waals surface area contributed by atoms with Gasteiger partial charge in [-0.3, -0.25) is 9.59 Å². The molecule has 2 aromatic carbocycles. The van der Waals surface area contributed by atoms with Gasteiger partial charge < -0.3 is 10.1 Å². The molecule has 1 N–H and O–H groups in total. The van der Waals surface area contributed by atoms with Crippen molar-refractivity contribution in [2.75, 3.05) is 17.7 Å².